The number of hydrogen-bond acceptors (Lipinski definition) is 2. The molecule has 0 aliphatic heterocycles. The Bertz CT molecular complexity index is 337. The van der Waals surface area contributed by atoms with E-state index in [0.717, 1.165) is 12.5 Å². The van der Waals surface area contributed by atoms with Gasteiger partial charge in [0.2, 0.25) is 0 Å². The molecule has 6 heteroatoms. The third-order valence-corrected chi connectivity index (χ3v) is 3.06. The molecule has 0 aliphatic rings. The Kier molecular flexibility index (Phi) is 4.13. The molecule has 0 amide bonds. The molecule has 0 N–H and O–H groups in total. The monoisotopic (exact) mass is 252 g/mol. The molecule has 0 radical (unpaired) electrons. The zero-order valence-corrected chi connectivity index (χ0v) is 9.68. The Morgan fingerprint density at radius 2 is 1.94 bits per heavy atom. The van der Waals surface area contributed by atoms with Crippen LogP contribution >= 0.6 is 11.6 Å². The molecule has 1 heterocycles. The second-order valence-corrected chi connectivity index (χ2v) is 4.11. The van der Waals surface area contributed by atoms with Gasteiger partial charge in [0, 0.05) is 11.3 Å². The molecule has 1 aromatic rings. The molecule has 2 unspecified atom stereocenters. The lowest BCUT2D eigenvalue weighted by Gasteiger charge is -2.15. The Hall–Kier alpha value is -0.840. The van der Waals surface area contributed by atoms with Crippen LogP contribution in [0.4, 0.5) is 13.2 Å². The fourth-order valence-corrected chi connectivity index (χ4v) is 1.40. The minimum atomic E-state index is -4.44. The van der Waals surface area contributed by atoms with Gasteiger partial charge in [0.15, 0.2) is 5.69 Å². The number of alkyl halides is 4. The highest BCUT2D eigenvalue weighted by Crippen LogP contribution is 2.28. The fraction of sp³-hybridized carbons (Fsp3) is 0.600. The van der Waals surface area contributed by atoms with Crippen molar-refractivity contribution in [3.63, 3.8) is 0 Å². The Labute approximate surface area is 96.8 Å². The predicted octanol–water partition coefficient (Wildman–Crippen LogP) is 3.62. The highest BCUT2D eigenvalue weighted by Gasteiger charge is 2.33. The minimum absolute atomic E-state index is 0.110. The van der Waals surface area contributed by atoms with Crippen molar-refractivity contribution < 1.29 is 13.2 Å². The highest BCUT2D eigenvalue weighted by molar-refractivity contribution is 6.21. The van der Waals surface area contributed by atoms with Gasteiger partial charge < -0.3 is 0 Å². The van der Waals surface area contributed by atoms with E-state index in [9.17, 15) is 13.2 Å². The van der Waals surface area contributed by atoms with Crippen molar-refractivity contribution in [2.24, 2.45) is 0 Å². The summed E-state index contributed by atoms with van der Waals surface area (Å²) in [5.41, 5.74) is -0.499. The molecule has 0 bridgehead atoms. The van der Waals surface area contributed by atoms with Gasteiger partial charge in [-0.3, -0.25) is 0 Å². The van der Waals surface area contributed by atoms with E-state index in [1.165, 1.54) is 6.07 Å². The molecule has 1 aromatic heterocycles. The zero-order chi connectivity index (χ0) is 12.3. The van der Waals surface area contributed by atoms with Crippen LogP contribution in [0.3, 0.4) is 0 Å². The van der Waals surface area contributed by atoms with Gasteiger partial charge in [0.25, 0.3) is 0 Å². The lowest BCUT2D eigenvalue weighted by atomic mass is 10.0. The second-order valence-electron chi connectivity index (χ2n) is 3.55. The summed E-state index contributed by atoms with van der Waals surface area (Å²) in [5, 5.41) is 6.57. The van der Waals surface area contributed by atoms with Gasteiger partial charge in [-0.25, -0.2) is 0 Å². The average Bonchev–Trinajstić information content (AvgIpc) is 2.26. The van der Waals surface area contributed by atoms with E-state index < -0.39 is 11.9 Å². The molecule has 0 aromatic carbocycles. The van der Waals surface area contributed by atoms with E-state index in [2.05, 4.69) is 10.2 Å². The lowest BCUT2D eigenvalue weighted by Crippen LogP contribution is -2.14. The molecule has 0 saturated carbocycles. The zero-order valence-electron chi connectivity index (χ0n) is 8.92. The van der Waals surface area contributed by atoms with Gasteiger partial charge in [0.05, 0.1) is 5.69 Å². The summed E-state index contributed by atoms with van der Waals surface area (Å²) >= 11 is 5.99. The second kappa shape index (κ2) is 4.99. The van der Waals surface area contributed by atoms with Gasteiger partial charge in [-0.15, -0.1) is 16.7 Å². The smallest absolute Gasteiger partial charge is 0.164 e. The molecule has 2 nitrogen and oxygen atoms in total. The first-order valence-corrected chi connectivity index (χ1v) is 5.34. The predicted molar refractivity (Wildman–Crippen MR) is 55.4 cm³/mol. The molecule has 1 rings (SSSR count). The fourth-order valence-electron chi connectivity index (χ4n) is 1.28. The summed E-state index contributed by atoms with van der Waals surface area (Å²) in [4.78, 5) is 0. The molecule has 0 spiro atoms. The molecular weight excluding hydrogens is 241 g/mol. The van der Waals surface area contributed by atoms with Crippen LogP contribution in [-0.2, 0) is 6.18 Å². The van der Waals surface area contributed by atoms with Crippen molar-refractivity contribution in [1.29, 1.82) is 0 Å². The largest absolute Gasteiger partial charge is 0.435 e. The van der Waals surface area contributed by atoms with Crippen LogP contribution in [0.25, 0.3) is 0 Å². The molecule has 0 fully saturated rings. The minimum Gasteiger partial charge on any atom is -0.164 e. The summed E-state index contributed by atoms with van der Waals surface area (Å²) in [7, 11) is 0. The summed E-state index contributed by atoms with van der Waals surface area (Å²) in [6.45, 7) is 3.73. The average molecular weight is 253 g/mol. The number of hydrogen-bond donors (Lipinski definition) is 0. The number of halogens is 4. The van der Waals surface area contributed by atoms with Crippen LogP contribution in [0.15, 0.2) is 12.1 Å². The van der Waals surface area contributed by atoms with Crippen LogP contribution in [0.1, 0.15) is 37.6 Å². The maximum Gasteiger partial charge on any atom is 0.435 e. The molecule has 16 heavy (non-hydrogen) atoms. The van der Waals surface area contributed by atoms with E-state index in [0.29, 0.717) is 5.69 Å². The Morgan fingerprint density at radius 3 is 2.31 bits per heavy atom. The van der Waals surface area contributed by atoms with E-state index in [4.69, 9.17) is 11.6 Å². The Balaban J connectivity index is 2.87. The van der Waals surface area contributed by atoms with Crippen molar-refractivity contribution >= 4 is 11.6 Å². The topological polar surface area (TPSA) is 25.8 Å². The summed E-state index contributed by atoms with van der Waals surface area (Å²) in [5.74, 6) is -0.110. The van der Waals surface area contributed by atoms with Crippen LogP contribution in [0, 0.1) is 0 Å². The first kappa shape index (κ1) is 13.2. The van der Waals surface area contributed by atoms with E-state index >= 15 is 0 Å². The van der Waals surface area contributed by atoms with E-state index in [1.54, 1.807) is 0 Å². The van der Waals surface area contributed by atoms with Gasteiger partial charge in [0.1, 0.15) is 0 Å². The number of rotatable bonds is 3. The van der Waals surface area contributed by atoms with Crippen molar-refractivity contribution in [2.45, 2.75) is 37.7 Å². The van der Waals surface area contributed by atoms with Crippen LogP contribution in [0.5, 0.6) is 0 Å². The molecule has 2 atom stereocenters. The van der Waals surface area contributed by atoms with Gasteiger partial charge in [-0.05, 0) is 18.6 Å². The highest BCUT2D eigenvalue weighted by atomic mass is 35.5. The SMILES string of the molecule is CCC(Cl)C(C)c1ccc(C(F)(F)F)nn1. The quantitative estimate of drug-likeness (QED) is 0.768. The first-order chi connectivity index (χ1) is 7.36. The van der Waals surface area contributed by atoms with Crippen molar-refractivity contribution in [3.8, 4) is 0 Å². The standard InChI is InChI=1S/C10H12ClF3N2/c1-3-7(11)6(2)8-4-5-9(16-15-8)10(12,13)14/h4-7H,3H2,1-2H3. The van der Waals surface area contributed by atoms with E-state index in [1.807, 2.05) is 13.8 Å². The molecule has 0 saturated heterocycles. The molecular formula is C10H12ClF3N2. The van der Waals surface area contributed by atoms with Gasteiger partial charge in [-0.2, -0.15) is 18.3 Å². The van der Waals surface area contributed by atoms with Crippen LogP contribution in [-0.4, -0.2) is 15.6 Å². The van der Waals surface area contributed by atoms with Crippen LogP contribution < -0.4 is 0 Å². The lowest BCUT2D eigenvalue weighted by molar-refractivity contribution is -0.141. The normalized spacial score (nSPS) is 15.9. The van der Waals surface area contributed by atoms with Crippen molar-refractivity contribution in [1.82, 2.24) is 10.2 Å². The van der Waals surface area contributed by atoms with Crippen LogP contribution in [0.2, 0.25) is 0 Å². The first-order valence-electron chi connectivity index (χ1n) is 4.91. The molecule has 0 aliphatic carbocycles. The van der Waals surface area contributed by atoms with Crippen molar-refractivity contribution in [3.05, 3.63) is 23.5 Å². The summed E-state index contributed by atoms with van der Waals surface area (Å²) in [6, 6.07) is 2.25. The van der Waals surface area contributed by atoms with Crippen molar-refractivity contribution in [2.75, 3.05) is 0 Å². The third-order valence-electron chi connectivity index (χ3n) is 2.37. The third kappa shape index (κ3) is 3.07. The maximum absolute atomic E-state index is 12.2. The number of nitrogens with zero attached hydrogens (tertiary/aromatic N) is 2. The van der Waals surface area contributed by atoms with Gasteiger partial charge in [-0.1, -0.05) is 13.8 Å². The number of aromatic nitrogens is 2. The van der Waals surface area contributed by atoms with E-state index in [-0.39, 0.29) is 11.3 Å². The summed E-state index contributed by atoms with van der Waals surface area (Å²) in [6.07, 6.45) is -3.72. The van der Waals surface area contributed by atoms with Gasteiger partial charge >= 0.3 is 6.18 Å². The maximum atomic E-state index is 12.2. The Morgan fingerprint density at radius 1 is 1.31 bits per heavy atom. The molecule has 90 valence electrons. The summed E-state index contributed by atoms with van der Waals surface area (Å²) < 4.78 is 36.7.